The van der Waals surface area contributed by atoms with Gasteiger partial charge in [-0.25, -0.2) is 9.97 Å². The summed E-state index contributed by atoms with van der Waals surface area (Å²) in [5.41, 5.74) is 6.89. The molecule has 3 rings (SSSR count). The standard InChI is InChI=1S/C13H19N5O2/c1-8-7-9(12(14)17-19)16-13(15-8)18-5-6-20-11-4-2-3-10(11)18/h7,10-11,19H,2-6H2,1H3,(H2,14,17). The second-order valence-corrected chi connectivity index (χ2v) is 5.28. The number of morpholine rings is 1. The van der Waals surface area contributed by atoms with Gasteiger partial charge in [0.05, 0.1) is 18.8 Å². The van der Waals surface area contributed by atoms with Crippen LogP contribution in [-0.2, 0) is 4.74 Å². The number of oxime groups is 1. The van der Waals surface area contributed by atoms with Gasteiger partial charge in [-0.3, -0.25) is 0 Å². The van der Waals surface area contributed by atoms with Crippen LogP contribution in [0.3, 0.4) is 0 Å². The third-order valence-electron chi connectivity index (χ3n) is 3.95. The summed E-state index contributed by atoms with van der Waals surface area (Å²) in [4.78, 5) is 11.1. The number of fused-ring (bicyclic) bond motifs is 1. The first-order valence-corrected chi connectivity index (χ1v) is 6.91. The predicted octanol–water partition coefficient (Wildman–Crippen LogP) is 0.637. The zero-order valence-electron chi connectivity index (χ0n) is 11.5. The lowest BCUT2D eigenvalue weighted by molar-refractivity contribution is 0.0249. The number of nitrogens with zero attached hydrogens (tertiary/aromatic N) is 4. The number of nitrogens with two attached hydrogens (primary N) is 1. The van der Waals surface area contributed by atoms with Gasteiger partial charge in [-0.2, -0.15) is 0 Å². The van der Waals surface area contributed by atoms with E-state index in [1.165, 1.54) is 6.42 Å². The summed E-state index contributed by atoms with van der Waals surface area (Å²) in [6.07, 6.45) is 3.64. The molecule has 1 aliphatic carbocycles. The van der Waals surface area contributed by atoms with E-state index in [0.717, 1.165) is 25.1 Å². The SMILES string of the molecule is Cc1cc(/C(N)=N/O)nc(N2CCOC3CCCC32)n1. The van der Waals surface area contributed by atoms with Crippen molar-refractivity contribution in [2.24, 2.45) is 10.9 Å². The summed E-state index contributed by atoms with van der Waals surface area (Å²) < 4.78 is 5.80. The van der Waals surface area contributed by atoms with Gasteiger partial charge in [0.2, 0.25) is 5.95 Å². The van der Waals surface area contributed by atoms with E-state index in [4.69, 9.17) is 15.7 Å². The van der Waals surface area contributed by atoms with E-state index in [2.05, 4.69) is 20.0 Å². The fourth-order valence-corrected chi connectivity index (χ4v) is 3.04. The molecule has 1 aromatic heterocycles. The molecule has 7 nitrogen and oxygen atoms in total. The van der Waals surface area contributed by atoms with Gasteiger partial charge in [-0.05, 0) is 32.3 Å². The zero-order chi connectivity index (χ0) is 14.1. The molecule has 0 spiro atoms. The first kappa shape index (κ1) is 13.1. The summed E-state index contributed by atoms with van der Waals surface area (Å²) in [5, 5.41) is 11.8. The maximum absolute atomic E-state index is 8.80. The van der Waals surface area contributed by atoms with Crippen molar-refractivity contribution < 1.29 is 9.94 Å². The molecule has 1 aliphatic heterocycles. The lowest BCUT2D eigenvalue weighted by atomic mass is 10.1. The van der Waals surface area contributed by atoms with Gasteiger partial charge in [0.15, 0.2) is 5.84 Å². The molecule has 2 aliphatic rings. The van der Waals surface area contributed by atoms with Crippen molar-refractivity contribution >= 4 is 11.8 Å². The van der Waals surface area contributed by atoms with Crippen molar-refractivity contribution in [2.75, 3.05) is 18.1 Å². The Kier molecular flexibility index (Phi) is 3.43. The van der Waals surface area contributed by atoms with E-state index in [0.29, 0.717) is 24.3 Å². The predicted molar refractivity (Wildman–Crippen MR) is 74.0 cm³/mol. The minimum atomic E-state index is 0.00739. The summed E-state index contributed by atoms with van der Waals surface area (Å²) in [5.74, 6) is 0.653. The summed E-state index contributed by atoms with van der Waals surface area (Å²) in [6, 6.07) is 2.05. The molecule has 2 atom stereocenters. The molecule has 1 saturated heterocycles. The molecule has 1 aromatic rings. The number of hydrogen-bond acceptors (Lipinski definition) is 6. The Morgan fingerprint density at radius 2 is 2.35 bits per heavy atom. The van der Waals surface area contributed by atoms with E-state index in [1.807, 2.05) is 6.92 Å². The summed E-state index contributed by atoms with van der Waals surface area (Å²) >= 11 is 0. The van der Waals surface area contributed by atoms with Gasteiger partial charge >= 0.3 is 0 Å². The smallest absolute Gasteiger partial charge is 0.226 e. The van der Waals surface area contributed by atoms with Crippen molar-refractivity contribution in [1.82, 2.24) is 9.97 Å². The van der Waals surface area contributed by atoms with Gasteiger partial charge in [0, 0.05) is 12.2 Å². The Hall–Kier alpha value is -1.89. The number of rotatable bonds is 2. The summed E-state index contributed by atoms with van der Waals surface area (Å²) in [7, 11) is 0. The highest BCUT2D eigenvalue weighted by atomic mass is 16.5. The highest BCUT2D eigenvalue weighted by Crippen LogP contribution is 2.31. The number of hydrogen-bond donors (Lipinski definition) is 2. The first-order chi connectivity index (χ1) is 9.69. The Balaban J connectivity index is 1.94. The van der Waals surface area contributed by atoms with Gasteiger partial charge in [0.1, 0.15) is 5.69 Å². The average Bonchev–Trinajstić information content (AvgIpc) is 2.94. The van der Waals surface area contributed by atoms with Gasteiger partial charge in [-0.15, -0.1) is 0 Å². The van der Waals surface area contributed by atoms with E-state index < -0.39 is 0 Å². The van der Waals surface area contributed by atoms with Crippen LogP contribution >= 0.6 is 0 Å². The van der Waals surface area contributed by atoms with Crippen LogP contribution in [0.25, 0.3) is 0 Å². The van der Waals surface area contributed by atoms with Crippen LogP contribution in [0.1, 0.15) is 30.7 Å². The molecule has 1 saturated carbocycles. The molecule has 0 radical (unpaired) electrons. The lowest BCUT2D eigenvalue weighted by Gasteiger charge is -2.37. The monoisotopic (exact) mass is 277 g/mol. The zero-order valence-corrected chi connectivity index (χ0v) is 11.5. The topological polar surface area (TPSA) is 96.9 Å². The van der Waals surface area contributed by atoms with Crippen molar-refractivity contribution in [3.8, 4) is 0 Å². The second kappa shape index (κ2) is 5.24. The van der Waals surface area contributed by atoms with Crippen LogP contribution in [0.2, 0.25) is 0 Å². The van der Waals surface area contributed by atoms with Crippen LogP contribution in [0.4, 0.5) is 5.95 Å². The Morgan fingerprint density at radius 1 is 1.50 bits per heavy atom. The number of ether oxygens (including phenoxy) is 1. The van der Waals surface area contributed by atoms with E-state index in [9.17, 15) is 0 Å². The minimum Gasteiger partial charge on any atom is -0.409 e. The van der Waals surface area contributed by atoms with E-state index >= 15 is 0 Å². The molecule has 2 heterocycles. The summed E-state index contributed by atoms with van der Waals surface area (Å²) in [6.45, 7) is 3.35. The van der Waals surface area contributed by atoms with Gasteiger partial charge in [0.25, 0.3) is 0 Å². The molecule has 0 amide bonds. The highest BCUT2D eigenvalue weighted by Gasteiger charge is 2.37. The average molecular weight is 277 g/mol. The molecule has 20 heavy (non-hydrogen) atoms. The number of aryl methyl sites for hydroxylation is 1. The van der Waals surface area contributed by atoms with Crippen LogP contribution in [0.5, 0.6) is 0 Å². The van der Waals surface area contributed by atoms with Crippen molar-refractivity contribution in [2.45, 2.75) is 38.3 Å². The third kappa shape index (κ3) is 2.29. The molecular weight excluding hydrogens is 258 g/mol. The number of anilines is 1. The van der Waals surface area contributed by atoms with E-state index in [-0.39, 0.29) is 11.9 Å². The first-order valence-electron chi connectivity index (χ1n) is 6.91. The molecule has 2 fully saturated rings. The molecule has 0 bridgehead atoms. The Labute approximate surface area is 117 Å². The number of amidine groups is 1. The fraction of sp³-hybridized carbons (Fsp3) is 0.615. The normalized spacial score (nSPS) is 26.6. The van der Waals surface area contributed by atoms with Crippen LogP contribution in [-0.4, -0.2) is 46.3 Å². The van der Waals surface area contributed by atoms with Crippen LogP contribution < -0.4 is 10.6 Å². The molecule has 3 N–H and O–H groups in total. The Morgan fingerprint density at radius 3 is 3.15 bits per heavy atom. The second-order valence-electron chi connectivity index (χ2n) is 5.28. The molecule has 108 valence electrons. The maximum atomic E-state index is 8.80. The fourth-order valence-electron chi connectivity index (χ4n) is 3.04. The van der Waals surface area contributed by atoms with Crippen molar-refractivity contribution in [1.29, 1.82) is 0 Å². The molecule has 0 aromatic carbocycles. The Bertz CT molecular complexity index is 533. The van der Waals surface area contributed by atoms with Crippen molar-refractivity contribution in [3.05, 3.63) is 17.5 Å². The number of aromatic nitrogens is 2. The highest BCUT2D eigenvalue weighted by molar-refractivity contribution is 5.95. The minimum absolute atomic E-state index is 0.00739. The van der Waals surface area contributed by atoms with E-state index in [1.54, 1.807) is 6.07 Å². The molecule has 7 heteroatoms. The van der Waals surface area contributed by atoms with Gasteiger partial charge < -0.3 is 20.6 Å². The molecule has 2 unspecified atom stereocenters. The molecular formula is C13H19N5O2. The van der Waals surface area contributed by atoms with Crippen molar-refractivity contribution in [3.63, 3.8) is 0 Å². The lowest BCUT2D eigenvalue weighted by Crippen LogP contribution is -2.49. The third-order valence-corrected chi connectivity index (χ3v) is 3.95. The van der Waals surface area contributed by atoms with Crippen LogP contribution in [0.15, 0.2) is 11.2 Å². The van der Waals surface area contributed by atoms with Crippen LogP contribution in [0, 0.1) is 6.92 Å². The quantitative estimate of drug-likeness (QED) is 0.356. The maximum Gasteiger partial charge on any atom is 0.226 e. The largest absolute Gasteiger partial charge is 0.409 e. The van der Waals surface area contributed by atoms with Gasteiger partial charge in [-0.1, -0.05) is 5.16 Å².